The van der Waals surface area contributed by atoms with Crippen LogP contribution in [0.25, 0.3) is 0 Å². The van der Waals surface area contributed by atoms with Crippen molar-refractivity contribution in [1.29, 1.82) is 0 Å². The first-order valence-electron chi connectivity index (χ1n) is 5.37. The van der Waals surface area contributed by atoms with Crippen LogP contribution in [0, 0.1) is 6.92 Å². The van der Waals surface area contributed by atoms with Crippen molar-refractivity contribution in [3.05, 3.63) is 53.3 Å². The number of aromatic nitrogens is 1. The van der Waals surface area contributed by atoms with E-state index < -0.39 is 5.97 Å². The van der Waals surface area contributed by atoms with Crippen molar-refractivity contribution in [2.75, 3.05) is 5.32 Å². The molecule has 0 aliphatic rings. The summed E-state index contributed by atoms with van der Waals surface area (Å²) in [6, 6.07) is 10.2. The predicted molar refractivity (Wildman–Crippen MR) is 66.9 cm³/mol. The van der Waals surface area contributed by atoms with E-state index >= 15 is 0 Å². The van der Waals surface area contributed by atoms with Gasteiger partial charge in [-0.2, -0.15) is 0 Å². The fraction of sp³-hybridized carbons (Fsp3) is 0.0769. The number of nitrogens with one attached hydrogen (secondary N) is 2. The second kappa shape index (κ2) is 4.75. The van der Waals surface area contributed by atoms with Gasteiger partial charge in [0.15, 0.2) is 0 Å². The smallest absolute Gasteiger partial charge is 0.354 e. The normalized spacial score (nSPS) is 10.1. The summed E-state index contributed by atoms with van der Waals surface area (Å²) in [6.45, 7) is 1.73. The van der Waals surface area contributed by atoms with Crippen LogP contribution in [-0.4, -0.2) is 22.0 Å². The van der Waals surface area contributed by atoms with Crippen molar-refractivity contribution >= 4 is 17.6 Å². The second-order valence-corrected chi connectivity index (χ2v) is 3.87. The lowest BCUT2D eigenvalue weighted by Crippen LogP contribution is -2.13. The number of rotatable bonds is 3. The van der Waals surface area contributed by atoms with Crippen molar-refractivity contribution in [3.63, 3.8) is 0 Å². The molecule has 2 aromatic rings. The molecule has 0 aliphatic heterocycles. The Morgan fingerprint density at radius 1 is 1.22 bits per heavy atom. The van der Waals surface area contributed by atoms with Crippen LogP contribution in [0.3, 0.4) is 0 Å². The summed E-state index contributed by atoms with van der Waals surface area (Å²) in [5, 5.41) is 11.6. The summed E-state index contributed by atoms with van der Waals surface area (Å²) in [5.41, 5.74) is 1.41. The number of carbonyl (C=O) groups is 2. The number of hydrogen-bond donors (Lipinski definition) is 3. The SMILES string of the molecule is Cc1cc(NC(=O)c2ccccc2)c(C(=O)O)[nH]1. The van der Waals surface area contributed by atoms with Crippen LogP contribution in [0.4, 0.5) is 5.69 Å². The van der Waals surface area contributed by atoms with E-state index in [9.17, 15) is 9.59 Å². The summed E-state index contributed by atoms with van der Waals surface area (Å²) in [4.78, 5) is 25.5. The molecule has 92 valence electrons. The highest BCUT2D eigenvalue weighted by atomic mass is 16.4. The van der Waals surface area contributed by atoms with Gasteiger partial charge in [-0.25, -0.2) is 4.79 Å². The number of carboxylic acid groups (broad SMARTS) is 1. The summed E-state index contributed by atoms with van der Waals surface area (Å²) in [6.07, 6.45) is 0. The molecular formula is C13H12N2O3. The number of amides is 1. The van der Waals surface area contributed by atoms with Gasteiger partial charge in [-0.1, -0.05) is 18.2 Å². The van der Waals surface area contributed by atoms with Crippen LogP contribution >= 0.6 is 0 Å². The van der Waals surface area contributed by atoms with E-state index in [4.69, 9.17) is 5.11 Å². The van der Waals surface area contributed by atoms with E-state index in [0.717, 1.165) is 0 Å². The Balaban J connectivity index is 2.25. The van der Waals surface area contributed by atoms with Crippen LogP contribution in [0.2, 0.25) is 0 Å². The first-order valence-corrected chi connectivity index (χ1v) is 5.37. The number of aryl methyl sites for hydroxylation is 1. The highest BCUT2D eigenvalue weighted by Crippen LogP contribution is 2.17. The number of anilines is 1. The maximum atomic E-state index is 11.9. The Bertz CT molecular complexity index is 588. The van der Waals surface area contributed by atoms with Gasteiger partial charge >= 0.3 is 5.97 Å². The average molecular weight is 244 g/mol. The number of carbonyl (C=O) groups excluding carboxylic acids is 1. The van der Waals surface area contributed by atoms with Crippen LogP contribution in [0.1, 0.15) is 26.5 Å². The third kappa shape index (κ3) is 2.40. The Hall–Kier alpha value is -2.56. The molecule has 1 heterocycles. The third-order valence-electron chi connectivity index (χ3n) is 2.45. The van der Waals surface area contributed by atoms with Gasteiger partial charge in [0.1, 0.15) is 5.69 Å². The van der Waals surface area contributed by atoms with E-state index in [-0.39, 0.29) is 17.3 Å². The van der Waals surface area contributed by atoms with Gasteiger partial charge in [-0.15, -0.1) is 0 Å². The molecule has 0 unspecified atom stereocenters. The molecule has 5 nitrogen and oxygen atoms in total. The summed E-state index contributed by atoms with van der Waals surface area (Å²) < 4.78 is 0. The molecule has 1 aromatic heterocycles. The molecule has 0 fully saturated rings. The fourth-order valence-electron chi connectivity index (χ4n) is 1.64. The number of carboxylic acids is 1. The van der Waals surface area contributed by atoms with Gasteiger partial charge in [-0.05, 0) is 25.1 Å². The minimum absolute atomic E-state index is 0.0169. The largest absolute Gasteiger partial charge is 0.477 e. The predicted octanol–water partition coefficient (Wildman–Crippen LogP) is 2.27. The zero-order chi connectivity index (χ0) is 13.1. The monoisotopic (exact) mass is 244 g/mol. The number of benzene rings is 1. The zero-order valence-electron chi connectivity index (χ0n) is 9.73. The van der Waals surface area contributed by atoms with Crippen molar-refractivity contribution in [2.45, 2.75) is 6.92 Å². The Morgan fingerprint density at radius 3 is 2.50 bits per heavy atom. The Morgan fingerprint density at radius 2 is 1.89 bits per heavy atom. The molecule has 3 N–H and O–H groups in total. The fourth-order valence-corrected chi connectivity index (χ4v) is 1.64. The van der Waals surface area contributed by atoms with Gasteiger partial charge in [-0.3, -0.25) is 4.79 Å². The van der Waals surface area contributed by atoms with E-state index in [1.807, 2.05) is 0 Å². The summed E-state index contributed by atoms with van der Waals surface area (Å²) in [5.74, 6) is -1.44. The zero-order valence-corrected chi connectivity index (χ0v) is 9.73. The van der Waals surface area contributed by atoms with Gasteiger partial charge in [0.25, 0.3) is 5.91 Å². The lowest BCUT2D eigenvalue weighted by molar-refractivity contribution is 0.0692. The quantitative estimate of drug-likeness (QED) is 0.774. The molecule has 0 aliphatic carbocycles. The minimum atomic E-state index is -1.11. The maximum Gasteiger partial charge on any atom is 0.354 e. The molecular weight excluding hydrogens is 232 g/mol. The molecule has 1 aromatic carbocycles. The molecule has 0 radical (unpaired) electrons. The minimum Gasteiger partial charge on any atom is -0.477 e. The van der Waals surface area contributed by atoms with E-state index in [1.54, 1.807) is 43.3 Å². The Kier molecular flexibility index (Phi) is 3.14. The highest BCUT2D eigenvalue weighted by molar-refractivity contribution is 6.07. The standard InChI is InChI=1S/C13H12N2O3/c1-8-7-10(11(14-8)13(17)18)15-12(16)9-5-3-2-4-6-9/h2-7,14H,1H3,(H,15,16)(H,17,18). The number of aromatic carboxylic acids is 1. The molecule has 1 amide bonds. The molecule has 0 saturated heterocycles. The van der Waals surface area contributed by atoms with Gasteiger partial charge in [0.05, 0.1) is 5.69 Å². The Labute approximate surface area is 103 Å². The molecule has 0 atom stereocenters. The van der Waals surface area contributed by atoms with Crippen molar-refractivity contribution in [2.24, 2.45) is 0 Å². The van der Waals surface area contributed by atoms with E-state index in [0.29, 0.717) is 11.3 Å². The topological polar surface area (TPSA) is 82.2 Å². The molecule has 0 bridgehead atoms. The first-order chi connectivity index (χ1) is 8.58. The molecule has 0 spiro atoms. The first kappa shape index (κ1) is 11.9. The van der Waals surface area contributed by atoms with Crippen LogP contribution < -0.4 is 5.32 Å². The van der Waals surface area contributed by atoms with Crippen molar-refractivity contribution in [3.8, 4) is 0 Å². The van der Waals surface area contributed by atoms with E-state index in [1.165, 1.54) is 0 Å². The third-order valence-corrected chi connectivity index (χ3v) is 2.45. The van der Waals surface area contributed by atoms with Crippen molar-refractivity contribution < 1.29 is 14.7 Å². The molecule has 0 saturated carbocycles. The number of H-pyrrole nitrogens is 1. The van der Waals surface area contributed by atoms with Crippen molar-refractivity contribution in [1.82, 2.24) is 4.98 Å². The summed E-state index contributed by atoms with van der Waals surface area (Å²) in [7, 11) is 0. The maximum absolute atomic E-state index is 11.9. The van der Waals surface area contributed by atoms with Crippen LogP contribution in [-0.2, 0) is 0 Å². The lowest BCUT2D eigenvalue weighted by Gasteiger charge is -2.03. The molecule has 2 rings (SSSR count). The molecule has 5 heteroatoms. The summed E-state index contributed by atoms with van der Waals surface area (Å²) >= 11 is 0. The van der Waals surface area contributed by atoms with Crippen LogP contribution in [0.5, 0.6) is 0 Å². The number of hydrogen-bond acceptors (Lipinski definition) is 2. The number of aromatic amines is 1. The second-order valence-electron chi connectivity index (χ2n) is 3.87. The van der Waals surface area contributed by atoms with Crippen LogP contribution in [0.15, 0.2) is 36.4 Å². The molecule has 18 heavy (non-hydrogen) atoms. The highest BCUT2D eigenvalue weighted by Gasteiger charge is 2.15. The van der Waals surface area contributed by atoms with Gasteiger partial charge < -0.3 is 15.4 Å². The van der Waals surface area contributed by atoms with Gasteiger partial charge in [0, 0.05) is 11.3 Å². The average Bonchev–Trinajstić information content (AvgIpc) is 2.71. The van der Waals surface area contributed by atoms with Gasteiger partial charge in [0.2, 0.25) is 0 Å². The lowest BCUT2D eigenvalue weighted by atomic mass is 10.2. The van der Waals surface area contributed by atoms with E-state index in [2.05, 4.69) is 10.3 Å².